The molecule has 0 spiro atoms. The Morgan fingerprint density at radius 1 is 1.19 bits per heavy atom. The molecule has 0 N–H and O–H groups in total. The number of fused-ring (bicyclic) bond motifs is 1. The van der Waals surface area contributed by atoms with Crippen LogP contribution in [0.4, 0.5) is 5.69 Å². The summed E-state index contributed by atoms with van der Waals surface area (Å²) in [5.74, 6) is 0. The highest BCUT2D eigenvalue weighted by Crippen LogP contribution is 2.46. The Bertz CT molecular complexity index is 452. The molecule has 0 fully saturated rings. The maximum atomic E-state index is 2.29. The molecule has 0 unspecified atom stereocenters. The van der Waals surface area contributed by atoms with Crippen molar-refractivity contribution in [3.05, 3.63) is 53.8 Å². The highest BCUT2D eigenvalue weighted by molar-refractivity contribution is 5.69. The molecule has 84 valence electrons. The standard InChI is InChI=1S/C15H19N/c1-5-6-11-14-15(2,3)12-9-7-8-10-13(12)16(14)4/h5-11H,1-4H3/b6-5+,14-11+. The van der Waals surface area contributed by atoms with Crippen LogP contribution in [0, 0.1) is 0 Å². The Morgan fingerprint density at radius 2 is 1.88 bits per heavy atom. The molecule has 0 aliphatic carbocycles. The van der Waals surface area contributed by atoms with E-state index in [1.165, 1.54) is 16.9 Å². The highest BCUT2D eigenvalue weighted by atomic mass is 15.2. The van der Waals surface area contributed by atoms with Gasteiger partial charge in [-0.25, -0.2) is 0 Å². The first-order chi connectivity index (χ1) is 7.59. The molecular formula is C15H19N. The summed E-state index contributed by atoms with van der Waals surface area (Å²) >= 11 is 0. The first kappa shape index (κ1) is 11.0. The van der Waals surface area contributed by atoms with Crippen molar-refractivity contribution < 1.29 is 0 Å². The first-order valence-electron chi connectivity index (χ1n) is 5.75. The number of benzene rings is 1. The summed E-state index contributed by atoms with van der Waals surface area (Å²) in [5, 5.41) is 0. The molecular weight excluding hydrogens is 194 g/mol. The van der Waals surface area contributed by atoms with Gasteiger partial charge in [-0.15, -0.1) is 0 Å². The van der Waals surface area contributed by atoms with Gasteiger partial charge >= 0.3 is 0 Å². The van der Waals surface area contributed by atoms with Crippen LogP contribution >= 0.6 is 0 Å². The molecule has 0 radical (unpaired) electrons. The van der Waals surface area contributed by atoms with Gasteiger partial charge in [-0.2, -0.15) is 0 Å². The van der Waals surface area contributed by atoms with Gasteiger partial charge in [0.25, 0.3) is 0 Å². The van der Waals surface area contributed by atoms with Crippen molar-refractivity contribution in [1.29, 1.82) is 0 Å². The minimum absolute atomic E-state index is 0.102. The fourth-order valence-corrected chi connectivity index (χ4v) is 2.49. The predicted octanol–water partition coefficient (Wildman–Crippen LogP) is 3.87. The molecule has 1 aliphatic heterocycles. The largest absolute Gasteiger partial charge is 0.347 e. The predicted molar refractivity (Wildman–Crippen MR) is 70.8 cm³/mol. The van der Waals surface area contributed by atoms with Crippen molar-refractivity contribution in [2.24, 2.45) is 0 Å². The Kier molecular flexibility index (Phi) is 2.63. The molecule has 1 heteroatoms. The summed E-state index contributed by atoms with van der Waals surface area (Å²) < 4.78 is 0. The van der Waals surface area contributed by atoms with Gasteiger partial charge in [0, 0.05) is 23.8 Å². The normalized spacial score (nSPS) is 20.8. The second kappa shape index (κ2) is 3.82. The zero-order valence-corrected chi connectivity index (χ0v) is 10.5. The van der Waals surface area contributed by atoms with Crippen molar-refractivity contribution in [2.45, 2.75) is 26.2 Å². The number of hydrogen-bond acceptors (Lipinski definition) is 1. The van der Waals surface area contributed by atoms with Gasteiger partial charge in [0.05, 0.1) is 0 Å². The number of likely N-dealkylation sites (N-methyl/N-ethyl adjacent to an activating group) is 1. The van der Waals surface area contributed by atoms with Crippen LogP contribution in [0.25, 0.3) is 0 Å². The first-order valence-corrected chi connectivity index (χ1v) is 5.75. The van der Waals surface area contributed by atoms with Gasteiger partial charge < -0.3 is 4.90 Å². The topological polar surface area (TPSA) is 3.24 Å². The number of nitrogens with zero attached hydrogens (tertiary/aromatic N) is 1. The minimum atomic E-state index is 0.102. The summed E-state index contributed by atoms with van der Waals surface area (Å²) in [4.78, 5) is 2.29. The molecule has 0 saturated heterocycles. The smallest absolute Gasteiger partial charge is 0.0447 e. The number of anilines is 1. The maximum Gasteiger partial charge on any atom is 0.0447 e. The molecule has 16 heavy (non-hydrogen) atoms. The molecule has 0 amide bonds. The summed E-state index contributed by atoms with van der Waals surface area (Å²) in [5.41, 5.74) is 4.19. The molecule has 1 aromatic carbocycles. The van der Waals surface area contributed by atoms with Gasteiger partial charge in [0.2, 0.25) is 0 Å². The van der Waals surface area contributed by atoms with E-state index < -0.39 is 0 Å². The van der Waals surface area contributed by atoms with E-state index in [-0.39, 0.29) is 5.41 Å². The van der Waals surface area contributed by atoms with Crippen molar-refractivity contribution in [1.82, 2.24) is 0 Å². The Morgan fingerprint density at radius 3 is 2.50 bits per heavy atom. The fourth-order valence-electron chi connectivity index (χ4n) is 2.49. The monoisotopic (exact) mass is 213 g/mol. The van der Waals surface area contributed by atoms with Gasteiger partial charge in [0.1, 0.15) is 0 Å². The van der Waals surface area contributed by atoms with Crippen LogP contribution in [0.1, 0.15) is 26.3 Å². The van der Waals surface area contributed by atoms with Crippen LogP contribution in [0.5, 0.6) is 0 Å². The minimum Gasteiger partial charge on any atom is -0.347 e. The van der Waals surface area contributed by atoms with Crippen LogP contribution in [-0.4, -0.2) is 7.05 Å². The lowest BCUT2D eigenvalue weighted by atomic mass is 9.84. The van der Waals surface area contributed by atoms with Crippen LogP contribution < -0.4 is 4.90 Å². The van der Waals surface area contributed by atoms with E-state index in [0.717, 1.165) is 0 Å². The summed E-state index contributed by atoms with van der Waals surface area (Å²) in [7, 11) is 2.14. The Balaban J connectivity index is 2.57. The zero-order valence-electron chi connectivity index (χ0n) is 10.5. The van der Waals surface area contributed by atoms with E-state index in [2.05, 4.69) is 68.3 Å². The van der Waals surface area contributed by atoms with Gasteiger partial charge in [0.15, 0.2) is 0 Å². The highest BCUT2D eigenvalue weighted by Gasteiger charge is 2.37. The third kappa shape index (κ3) is 1.47. The van der Waals surface area contributed by atoms with Gasteiger partial charge in [-0.1, -0.05) is 44.2 Å². The molecule has 0 aromatic heterocycles. The zero-order chi connectivity index (χ0) is 11.8. The lowest BCUT2D eigenvalue weighted by molar-refractivity contribution is 0.640. The van der Waals surface area contributed by atoms with Crippen LogP contribution in [-0.2, 0) is 5.41 Å². The quantitative estimate of drug-likeness (QED) is 0.684. The van der Waals surface area contributed by atoms with Crippen molar-refractivity contribution in [3.63, 3.8) is 0 Å². The summed E-state index contributed by atoms with van der Waals surface area (Å²) in [6.07, 6.45) is 6.39. The molecule has 0 atom stereocenters. The van der Waals surface area contributed by atoms with Crippen LogP contribution in [0.15, 0.2) is 48.2 Å². The van der Waals surface area contributed by atoms with E-state index in [4.69, 9.17) is 0 Å². The molecule has 0 saturated carbocycles. The number of allylic oxidation sites excluding steroid dienone is 4. The molecule has 1 nitrogen and oxygen atoms in total. The second-order valence-electron chi connectivity index (χ2n) is 4.78. The fraction of sp³-hybridized carbons (Fsp3) is 0.333. The number of rotatable bonds is 1. The Hall–Kier alpha value is -1.50. The molecule has 1 aliphatic rings. The summed E-state index contributed by atoms with van der Waals surface area (Å²) in [6, 6.07) is 8.63. The van der Waals surface area contributed by atoms with Crippen molar-refractivity contribution >= 4 is 5.69 Å². The third-order valence-corrected chi connectivity index (χ3v) is 3.39. The van der Waals surface area contributed by atoms with Gasteiger partial charge in [-0.3, -0.25) is 0 Å². The van der Waals surface area contributed by atoms with E-state index in [9.17, 15) is 0 Å². The average molecular weight is 213 g/mol. The van der Waals surface area contributed by atoms with E-state index in [0.29, 0.717) is 0 Å². The third-order valence-electron chi connectivity index (χ3n) is 3.39. The SMILES string of the molecule is C/C=C/C=C1/N(C)c2ccccc2C1(C)C. The van der Waals surface area contributed by atoms with E-state index in [1.807, 2.05) is 6.92 Å². The van der Waals surface area contributed by atoms with Crippen molar-refractivity contribution in [3.8, 4) is 0 Å². The average Bonchev–Trinajstić information content (AvgIpc) is 2.46. The molecule has 0 bridgehead atoms. The second-order valence-corrected chi connectivity index (χ2v) is 4.78. The summed E-state index contributed by atoms with van der Waals surface area (Å²) in [6.45, 7) is 6.61. The van der Waals surface area contributed by atoms with E-state index in [1.54, 1.807) is 0 Å². The maximum absolute atomic E-state index is 2.29. The molecule has 2 rings (SSSR count). The Labute approximate surface area is 98.1 Å². The van der Waals surface area contributed by atoms with Gasteiger partial charge in [-0.05, 0) is 24.6 Å². The lowest BCUT2D eigenvalue weighted by Crippen LogP contribution is -2.22. The van der Waals surface area contributed by atoms with Crippen molar-refractivity contribution in [2.75, 3.05) is 11.9 Å². The van der Waals surface area contributed by atoms with Crippen LogP contribution in [0.2, 0.25) is 0 Å². The van der Waals surface area contributed by atoms with E-state index >= 15 is 0 Å². The van der Waals surface area contributed by atoms with Crippen LogP contribution in [0.3, 0.4) is 0 Å². The number of para-hydroxylation sites is 1. The molecule has 1 heterocycles. The molecule has 1 aromatic rings. The lowest BCUT2D eigenvalue weighted by Gasteiger charge is -2.23. The number of hydrogen-bond donors (Lipinski definition) is 0.